The van der Waals surface area contributed by atoms with E-state index in [-0.39, 0.29) is 24.2 Å². The molecule has 1 aromatic carbocycles. The highest BCUT2D eigenvalue weighted by atomic mass is 35.5. The fraction of sp³-hybridized carbons (Fsp3) is 0.667. The van der Waals surface area contributed by atoms with Crippen LogP contribution in [-0.4, -0.2) is 37.4 Å². The van der Waals surface area contributed by atoms with Gasteiger partial charge in [0.15, 0.2) is 0 Å². The minimum atomic E-state index is -4.64. The van der Waals surface area contributed by atoms with Crippen LogP contribution in [0.25, 0.3) is 0 Å². The van der Waals surface area contributed by atoms with Crippen molar-refractivity contribution >= 4 is 12.4 Å². The number of alkyl halides is 3. The van der Waals surface area contributed by atoms with Crippen LogP contribution in [0.4, 0.5) is 13.2 Å². The fourth-order valence-electron chi connectivity index (χ4n) is 4.09. The van der Waals surface area contributed by atoms with Crippen molar-refractivity contribution in [2.24, 2.45) is 5.92 Å². The quantitative estimate of drug-likeness (QED) is 0.832. The molecule has 0 unspecified atom stereocenters. The van der Waals surface area contributed by atoms with Crippen LogP contribution in [0, 0.1) is 5.92 Å². The van der Waals surface area contributed by atoms with Gasteiger partial charge in [0.05, 0.1) is 0 Å². The molecule has 0 spiro atoms. The van der Waals surface area contributed by atoms with Crippen molar-refractivity contribution in [2.75, 3.05) is 26.2 Å². The number of hydrogen-bond acceptors (Lipinski definition) is 3. The van der Waals surface area contributed by atoms with Crippen molar-refractivity contribution < 1.29 is 17.9 Å². The van der Waals surface area contributed by atoms with E-state index >= 15 is 0 Å². The maximum atomic E-state index is 12.5. The molecule has 1 heterocycles. The third kappa shape index (κ3) is 5.76. The Balaban J connectivity index is 0.00000225. The highest BCUT2D eigenvalue weighted by Gasteiger charge is 2.33. The molecule has 0 amide bonds. The van der Waals surface area contributed by atoms with Gasteiger partial charge < -0.3 is 10.1 Å². The summed E-state index contributed by atoms with van der Waals surface area (Å²) < 4.78 is 41.8. The van der Waals surface area contributed by atoms with Gasteiger partial charge in [0.2, 0.25) is 0 Å². The summed E-state index contributed by atoms with van der Waals surface area (Å²) in [6, 6.07) is 6.77. The Bertz CT molecular complexity index is 511. The van der Waals surface area contributed by atoms with Crippen LogP contribution < -0.4 is 10.1 Å². The van der Waals surface area contributed by atoms with Crippen LogP contribution in [0.1, 0.15) is 43.7 Å². The molecular formula is C18H26ClF3N2O. The Labute approximate surface area is 153 Å². The van der Waals surface area contributed by atoms with Crippen LogP contribution in [0.5, 0.6) is 5.75 Å². The number of nitrogens with one attached hydrogen (secondary N) is 1. The van der Waals surface area contributed by atoms with Gasteiger partial charge in [-0.1, -0.05) is 31.4 Å². The molecule has 25 heavy (non-hydrogen) atoms. The average molecular weight is 379 g/mol. The van der Waals surface area contributed by atoms with Gasteiger partial charge in [-0.25, -0.2) is 0 Å². The second kappa shape index (κ2) is 9.10. The Morgan fingerprint density at radius 1 is 1.08 bits per heavy atom. The van der Waals surface area contributed by atoms with E-state index in [4.69, 9.17) is 0 Å². The summed E-state index contributed by atoms with van der Waals surface area (Å²) in [5.74, 6) is 0.397. The molecule has 2 fully saturated rings. The Hall–Kier alpha value is -0.980. The summed E-state index contributed by atoms with van der Waals surface area (Å²) in [5.41, 5.74) is 0.950. The van der Waals surface area contributed by atoms with E-state index in [0.717, 1.165) is 44.6 Å². The monoisotopic (exact) mass is 378 g/mol. The summed E-state index contributed by atoms with van der Waals surface area (Å²) >= 11 is 0. The SMILES string of the molecule is Cl.FC(F)(F)Oc1cccc([C@@H](C2CCCCC2)N2CCNCC2)c1. The fourth-order valence-corrected chi connectivity index (χ4v) is 4.09. The highest BCUT2D eigenvalue weighted by molar-refractivity contribution is 5.85. The van der Waals surface area contributed by atoms with Crippen molar-refractivity contribution in [3.8, 4) is 5.75 Å². The maximum absolute atomic E-state index is 12.5. The standard InChI is InChI=1S/C18H25F3N2O.ClH/c19-18(20,21)24-16-8-4-7-15(13-16)17(14-5-2-1-3-6-14)23-11-9-22-10-12-23;/h4,7-8,13-14,17,22H,1-3,5-6,9-12H2;1H/t17-;/m1./s1. The van der Waals surface area contributed by atoms with Crippen LogP contribution in [0.2, 0.25) is 0 Å². The maximum Gasteiger partial charge on any atom is 0.573 e. The van der Waals surface area contributed by atoms with Crippen LogP contribution in [0.3, 0.4) is 0 Å². The predicted octanol–water partition coefficient (Wildman–Crippen LogP) is 4.53. The number of hydrogen-bond donors (Lipinski definition) is 1. The summed E-state index contributed by atoms with van der Waals surface area (Å²) in [6.45, 7) is 3.74. The van der Waals surface area contributed by atoms with Crippen molar-refractivity contribution in [3.63, 3.8) is 0 Å². The third-order valence-electron chi connectivity index (χ3n) is 5.07. The van der Waals surface area contributed by atoms with Gasteiger partial charge in [0, 0.05) is 32.2 Å². The molecule has 1 aromatic rings. The number of benzene rings is 1. The predicted molar refractivity (Wildman–Crippen MR) is 94.1 cm³/mol. The lowest BCUT2D eigenvalue weighted by Crippen LogP contribution is -2.47. The van der Waals surface area contributed by atoms with E-state index in [1.54, 1.807) is 12.1 Å². The lowest BCUT2D eigenvalue weighted by atomic mass is 9.80. The van der Waals surface area contributed by atoms with Gasteiger partial charge in [0.1, 0.15) is 5.75 Å². The van der Waals surface area contributed by atoms with E-state index in [2.05, 4.69) is 15.0 Å². The average Bonchev–Trinajstić information content (AvgIpc) is 2.56. The van der Waals surface area contributed by atoms with E-state index < -0.39 is 6.36 Å². The van der Waals surface area contributed by atoms with Gasteiger partial charge in [-0.15, -0.1) is 25.6 Å². The normalized spacial score (nSPS) is 21.4. The number of piperazine rings is 1. The Morgan fingerprint density at radius 3 is 2.40 bits per heavy atom. The number of rotatable bonds is 4. The van der Waals surface area contributed by atoms with Crippen LogP contribution in [0.15, 0.2) is 24.3 Å². The molecule has 0 bridgehead atoms. The van der Waals surface area contributed by atoms with E-state index in [0.29, 0.717) is 5.92 Å². The molecule has 1 aliphatic heterocycles. The molecule has 3 rings (SSSR count). The Kier molecular flexibility index (Phi) is 7.40. The molecule has 2 aliphatic rings. The molecular weight excluding hydrogens is 353 g/mol. The number of halogens is 4. The van der Waals surface area contributed by atoms with Gasteiger partial charge in [-0.05, 0) is 36.5 Å². The second-order valence-electron chi connectivity index (χ2n) is 6.75. The second-order valence-corrected chi connectivity index (χ2v) is 6.75. The molecule has 7 heteroatoms. The molecule has 0 aromatic heterocycles. The van der Waals surface area contributed by atoms with Crippen molar-refractivity contribution in [1.82, 2.24) is 10.2 Å². The molecule has 3 nitrogen and oxygen atoms in total. The first-order chi connectivity index (χ1) is 11.5. The van der Waals surface area contributed by atoms with Crippen molar-refractivity contribution in [3.05, 3.63) is 29.8 Å². The smallest absolute Gasteiger partial charge is 0.406 e. The van der Waals surface area contributed by atoms with Gasteiger partial charge in [0.25, 0.3) is 0 Å². The zero-order chi connectivity index (χ0) is 17.0. The molecule has 1 N–H and O–H groups in total. The summed E-state index contributed by atoms with van der Waals surface area (Å²) in [7, 11) is 0. The molecule has 1 saturated heterocycles. The first-order valence-electron chi connectivity index (χ1n) is 8.83. The Morgan fingerprint density at radius 2 is 1.76 bits per heavy atom. The minimum absolute atomic E-state index is 0. The third-order valence-corrected chi connectivity index (χ3v) is 5.07. The van der Waals surface area contributed by atoms with E-state index in [9.17, 15) is 13.2 Å². The largest absolute Gasteiger partial charge is 0.573 e. The lowest BCUT2D eigenvalue weighted by Gasteiger charge is -2.41. The number of ether oxygens (including phenoxy) is 1. The van der Waals surface area contributed by atoms with E-state index in [1.807, 2.05) is 6.07 Å². The minimum Gasteiger partial charge on any atom is -0.406 e. The highest BCUT2D eigenvalue weighted by Crippen LogP contribution is 2.39. The first-order valence-corrected chi connectivity index (χ1v) is 8.83. The molecule has 1 saturated carbocycles. The zero-order valence-electron chi connectivity index (χ0n) is 14.2. The molecule has 142 valence electrons. The van der Waals surface area contributed by atoms with Crippen molar-refractivity contribution in [2.45, 2.75) is 44.5 Å². The van der Waals surface area contributed by atoms with Gasteiger partial charge in [-0.2, -0.15) is 0 Å². The first kappa shape index (κ1) is 20.3. The molecule has 1 aliphatic carbocycles. The topological polar surface area (TPSA) is 24.5 Å². The van der Waals surface area contributed by atoms with E-state index in [1.165, 1.54) is 25.3 Å². The van der Waals surface area contributed by atoms with Crippen LogP contribution >= 0.6 is 12.4 Å². The summed E-state index contributed by atoms with van der Waals surface area (Å²) in [6.07, 6.45) is 1.35. The molecule has 0 radical (unpaired) electrons. The van der Waals surface area contributed by atoms with Gasteiger partial charge >= 0.3 is 6.36 Å². The number of nitrogens with zero attached hydrogens (tertiary/aromatic N) is 1. The summed E-state index contributed by atoms with van der Waals surface area (Å²) in [4.78, 5) is 2.43. The summed E-state index contributed by atoms with van der Waals surface area (Å²) in [5, 5.41) is 3.35. The zero-order valence-corrected chi connectivity index (χ0v) is 15.0. The van der Waals surface area contributed by atoms with Crippen molar-refractivity contribution in [1.29, 1.82) is 0 Å². The molecule has 1 atom stereocenters. The van der Waals surface area contributed by atoms with Crippen LogP contribution in [-0.2, 0) is 0 Å². The van der Waals surface area contributed by atoms with Gasteiger partial charge in [-0.3, -0.25) is 4.90 Å². The lowest BCUT2D eigenvalue weighted by molar-refractivity contribution is -0.274.